The molecule has 1 heterocycles. The van der Waals surface area contributed by atoms with Crippen molar-refractivity contribution in [2.24, 2.45) is 7.05 Å². The molecule has 0 fully saturated rings. The van der Waals surface area contributed by atoms with Crippen molar-refractivity contribution in [1.29, 1.82) is 0 Å². The number of Topliss-reactive ketones (excluding diaryl/α,β-unsaturated/α-hetero) is 1. The number of nitrogen functional groups attached to an aromatic ring is 1. The quantitative estimate of drug-likeness (QED) is 0.690. The number of nitrogens with two attached hydrogens (primary N) is 1. The van der Waals surface area contributed by atoms with E-state index in [4.69, 9.17) is 17.3 Å². The number of aromatic nitrogens is 2. The number of nitrogens with zero attached hydrogens (tertiary/aromatic N) is 2. The van der Waals surface area contributed by atoms with E-state index in [0.29, 0.717) is 16.3 Å². The first-order valence-corrected chi connectivity index (χ1v) is 6.49. The first-order valence-electron chi connectivity index (χ1n) is 6.12. The monoisotopic (exact) mass is 277 g/mol. The fourth-order valence-electron chi connectivity index (χ4n) is 1.98. The molecule has 0 spiro atoms. The molecule has 0 radical (unpaired) electrons. The molecule has 2 N–H and O–H groups in total. The standard InChI is InChI=1S/C14H16ClN3O/c1-3-11-14(15)12(18(2)17-11)8-13(19)9-5-4-6-10(16)7-9/h4-7H,3,8,16H2,1-2H3. The van der Waals surface area contributed by atoms with Gasteiger partial charge in [-0.3, -0.25) is 9.48 Å². The number of hydrogen-bond donors (Lipinski definition) is 1. The van der Waals surface area contributed by atoms with E-state index in [0.717, 1.165) is 17.8 Å². The summed E-state index contributed by atoms with van der Waals surface area (Å²) in [7, 11) is 1.80. The minimum absolute atomic E-state index is 0.0140. The van der Waals surface area contributed by atoms with E-state index < -0.39 is 0 Å². The summed E-state index contributed by atoms with van der Waals surface area (Å²) in [5.74, 6) is -0.0140. The average Bonchev–Trinajstić information content (AvgIpc) is 2.66. The highest BCUT2D eigenvalue weighted by molar-refractivity contribution is 6.32. The number of anilines is 1. The molecule has 19 heavy (non-hydrogen) atoms. The van der Waals surface area contributed by atoms with Crippen LogP contribution >= 0.6 is 11.6 Å². The van der Waals surface area contributed by atoms with E-state index in [1.165, 1.54) is 0 Å². The van der Waals surface area contributed by atoms with Crippen LogP contribution in [0.1, 0.15) is 28.7 Å². The maximum Gasteiger partial charge on any atom is 0.168 e. The Hall–Kier alpha value is -1.81. The van der Waals surface area contributed by atoms with Crippen LogP contribution in [0.2, 0.25) is 5.02 Å². The summed E-state index contributed by atoms with van der Waals surface area (Å²) in [5, 5.41) is 4.89. The van der Waals surface area contributed by atoms with Gasteiger partial charge in [0.25, 0.3) is 0 Å². The summed E-state index contributed by atoms with van der Waals surface area (Å²) in [6, 6.07) is 6.95. The Morgan fingerprint density at radius 2 is 2.21 bits per heavy atom. The van der Waals surface area contributed by atoms with Gasteiger partial charge in [0, 0.05) is 18.3 Å². The Labute approximate surface area is 117 Å². The van der Waals surface area contributed by atoms with Crippen LogP contribution in [0.25, 0.3) is 0 Å². The van der Waals surface area contributed by atoms with Gasteiger partial charge < -0.3 is 5.73 Å². The summed E-state index contributed by atoms with van der Waals surface area (Å²) in [5.41, 5.74) is 8.41. The predicted molar refractivity (Wildman–Crippen MR) is 76.5 cm³/mol. The third-order valence-corrected chi connectivity index (χ3v) is 3.48. The Morgan fingerprint density at radius 3 is 2.79 bits per heavy atom. The van der Waals surface area contributed by atoms with Crippen LogP contribution in [0.4, 0.5) is 5.69 Å². The molecule has 0 unspecified atom stereocenters. The van der Waals surface area contributed by atoms with E-state index >= 15 is 0 Å². The number of carbonyl (C=O) groups excluding carboxylic acids is 1. The zero-order valence-electron chi connectivity index (χ0n) is 11.0. The molecule has 0 atom stereocenters. The maximum absolute atomic E-state index is 12.2. The van der Waals surface area contributed by atoms with Crippen molar-refractivity contribution in [3.8, 4) is 0 Å². The highest BCUT2D eigenvalue weighted by Crippen LogP contribution is 2.22. The molecule has 2 aromatic rings. The molecular formula is C14H16ClN3O. The Morgan fingerprint density at radius 1 is 1.47 bits per heavy atom. The predicted octanol–water partition coefficient (Wildman–Crippen LogP) is 2.64. The van der Waals surface area contributed by atoms with Gasteiger partial charge >= 0.3 is 0 Å². The Balaban J connectivity index is 2.27. The summed E-state index contributed by atoms with van der Waals surface area (Å²) in [6.07, 6.45) is 0.977. The molecule has 100 valence electrons. The van der Waals surface area contributed by atoms with Crippen molar-refractivity contribution in [2.75, 3.05) is 5.73 Å². The van der Waals surface area contributed by atoms with Crippen LogP contribution in [-0.2, 0) is 19.9 Å². The third-order valence-electron chi connectivity index (χ3n) is 3.04. The first-order chi connectivity index (χ1) is 9.02. The van der Waals surface area contributed by atoms with Gasteiger partial charge in [0.15, 0.2) is 5.78 Å². The van der Waals surface area contributed by atoms with Crippen molar-refractivity contribution < 1.29 is 4.79 Å². The van der Waals surface area contributed by atoms with Gasteiger partial charge in [0.05, 0.1) is 22.8 Å². The molecular weight excluding hydrogens is 262 g/mol. The highest BCUT2D eigenvalue weighted by Gasteiger charge is 2.17. The second kappa shape index (κ2) is 5.45. The second-order valence-corrected chi connectivity index (χ2v) is 4.79. The van der Waals surface area contributed by atoms with Crippen LogP contribution in [0.3, 0.4) is 0 Å². The van der Waals surface area contributed by atoms with E-state index in [2.05, 4.69) is 5.10 Å². The third kappa shape index (κ3) is 2.79. The van der Waals surface area contributed by atoms with Gasteiger partial charge in [-0.05, 0) is 18.6 Å². The lowest BCUT2D eigenvalue weighted by atomic mass is 10.1. The van der Waals surface area contributed by atoms with Crippen LogP contribution < -0.4 is 5.73 Å². The van der Waals surface area contributed by atoms with Gasteiger partial charge in [0.1, 0.15) is 0 Å². The molecule has 0 aliphatic carbocycles. The lowest BCUT2D eigenvalue weighted by Crippen LogP contribution is -2.08. The molecule has 2 rings (SSSR count). The number of hydrogen-bond acceptors (Lipinski definition) is 3. The molecule has 1 aromatic heterocycles. The van der Waals surface area contributed by atoms with Gasteiger partial charge in [-0.25, -0.2) is 0 Å². The van der Waals surface area contributed by atoms with Gasteiger partial charge in [0.2, 0.25) is 0 Å². The van der Waals surface area contributed by atoms with Gasteiger partial charge in [-0.2, -0.15) is 5.10 Å². The number of ketones is 1. The van der Waals surface area contributed by atoms with Crippen LogP contribution in [0.15, 0.2) is 24.3 Å². The Kier molecular flexibility index (Phi) is 3.90. The van der Waals surface area contributed by atoms with Crippen molar-refractivity contribution in [1.82, 2.24) is 9.78 Å². The summed E-state index contributed by atoms with van der Waals surface area (Å²) in [4.78, 5) is 12.2. The van der Waals surface area contributed by atoms with Gasteiger partial charge in [-0.15, -0.1) is 0 Å². The average molecular weight is 278 g/mol. The largest absolute Gasteiger partial charge is 0.399 e. The van der Waals surface area contributed by atoms with E-state index in [1.54, 1.807) is 36.0 Å². The van der Waals surface area contributed by atoms with Crippen LogP contribution in [-0.4, -0.2) is 15.6 Å². The lowest BCUT2D eigenvalue weighted by molar-refractivity contribution is 0.0991. The zero-order chi connectivity index (χ0) is 14.0. The van der Waals surface area contributed by atoms with Crippen molar-refractivity contribution >= 4 is 23.1 Å². The number of rotatable bonds is 4. The number of benzene rings is 1. The van der Waals surface area contributed by atoms with Crippen molar-refractivity contribution in [3.05, 3.63) is 46.2 Å². The highest BCUT2D eigenvalue weighted by atomic mass is 35.5. The molecule has 1 aromatic carbocycles. The summed E-state index contributed by atoms with van der Waals surface area (Å²) in [6.45, 7) is 1.98. The molecule has 0 aliphatic rings. The van der Waals surface area contributed by atoms with E-state index in [9.17, 15) is 4.79 Å². The lowest BCUT2D eigenvalue weighted by Gasteiger charge is -2.03. The summed E-state index contributed by atoms with van der Waals surface area (Å²) < 4.78 is 1.67. The molecule has 0 saturated heterocycles. The van der Waals surface area contributed by atoms with Gasteiger partial charge in [-0.1, -0.05) is 30.7 Å². The molecule has 0 saturated carbocycles. The van der Waals surface area contributed by atoms with Crippen LogP contribution in [0, 0.1) is 0 Å². The molecule has 5 heteroatoms. The van der Waals surface area contributed by atoms with E-state index in [1.807, 2.05) is 6.92 Å². The summed E-state index contributed by atoms with van der Waals surface area (Å²) >= 11 is 6.23. The second-order valence-electron chi connectivity index (χ2n) is 4.41. The molecule has 0 aliphatic heterocycles. The zero-order valence-corrected chi connectivity index (χ0v) is 11.7. The molecule has 0 bridgehead atoms. The fraction of sp³-hybridized carbons (Fsp3) is 0.286. The molecule has 4 nitrogen and oxygen atoms in total. The van der Waals surface area contributed by atoms with E-state index in [-0.39, 0.29) is 12.2 Å². The fourth-order valence-corrected chi connectivity index (χ4v) is 2.34. The Bertz CT molecular complexity index is 619. The molecule has 0 amide bonds. The minimum Gasteiger partial charge on any atom is -0.399 e. The topological polar surface area (TPSA) is 60.9 Å². The van der Waals surface area contributed by atoms with Crippen LogP contribution in [0.5, 0.6) is 0 Å². The number of aryl methyl sites for hydroxylation is 2. The number of carbonyl (C=O) groups is 1. The minimum atomic E-state index is -0.0140. The SMILES string of the molecule is CCc1nn(C)c(CC(=O)c2cccc(N)c2)c1Cl. The maximum atomic E-state index is 12.2. The first kappa shape index (κ1) is 13.6. The smallest absolute Gasteiger partial charge is 0.168 e. The number of halogens is 1. The van der Waals surface area contributed by atoms with Crippen molar-refractivity contribution in [3.63, 3.8) is 0 Å². The normalized spacial score (nSPS) is 10.7. The van der Waals surface area contributed by atoms with Crippen molar-refractivity contribution in [2.45, 2.75) is 19.8 Å².